The Morgan fingerprint density at radius 2 is 1.72 bits per heavy atom. The zero-order chi connectivity index (χ0) is 14.4. The molecule has 0 spiro atoms. The molecule has 0 fully saturated rings. The van der Waals surface area contributed by atoms with E-state index in [1.54, 1.807) is 27.7 Å². The fourth-order valence-electron chi connectivity index (χ4n) is 1.78. The second-order valence-corrected chi connectivity index (χ2v) is 5.64. The number of rotatable bonds is 8. The quantitative estimate of drug-likeness (QED) is 0.260. The molecule has 0 bridgehead atoms. The third-order valence-corrected chi connectivity index (χ3v) is 5.02. The van der Waals surface area contributed by atoms with E-state index in [9.17, 15) is 8.42 Å². The molecule has 7 nitrogen and oxygen atoms in total. The lowest BCUT2D eigenvalue weighted by Gasteiger charge is -2.33. The van der Waals surface area contributed by atoms with Crippen LogP contribution in [0.15, 0.2) is 5.16 Å². The van der Waals surface area contributed by atoms with Crippen molar-refractivity contribution >= 4 is 16.0 Å². The van der Waals surface area contributed by atoms with Crippen molar-refractivity contribution in [3.63, 3.8) is 0 Å². The van der Waals surface area contributed by atoms with Crippen LogP contribution in [0.4, 0.5) is 0 Å². The smallest absolute Gasteiger partial charge is 0.280 e. The van der Waals surface area contributed by atoms with E-state index < -0.39 is 15.7 Å². The van der Waals surface area contributed by atoms with Gasteiger partial charge in [-0.25, -0.2) is 0 Å². The highest BCUT2D eigenvalue weighted by Gasteiger charge is 2.37. The molecular weight excluding hydrogens is 256 g/mol. The van der Waals surface area contributed by atoms with E-state index in [2.05, 4.69) is 9.88 Å². The summed E-state index contributed by atoms with van der Waals surface area (Å²) < 4.78 is 28.2. The molecule has 0 amide bonds. The SMILES string of the molecule is CCN(CC)S(=O)(=O)NC(CC)(CC)/C(N)=N/O. The maximum Gasteiger partial charge on any atom is 0.280 e. The summed E-state index contributed by atoms with van der Waals surface area (Å²) in [6, 6.07) is 0. The van der Waals surface area contributed by atoms with Crippen LogP contribution in [0.5, 0.6) is 0 Å². The largest absolute Gasteiger partial charge is 0.409 e. The van der Waals surface area contributed by atoms with Gasteiger partial charge in [0.05, 0.1) is 5.54 Å². The first kappa shape index (κ1) is 17.1. The van der Waals surface area contributed by atoms with Crippen LogP contribution in [0.1, 0.15) is 40.5 Å². The lowest BCUT2D eigenvalue weighted by Crippen LogP contribution is -2.59. The van der Waals surface area contributed by atoms with Crippen molar-refractivity contribution in [2.75, 3.05) is 13.1 Å². The lowest BCUT2D eigenvalue weighted by atomic mass is 9.93. The van der Waals surface area contributed by atoms with Crippen molar-refractivity contribution in [3.05, 3.63) is 0 Å². The number of hydrogen-bond acceptors (Lipinski definition) is 4. The van der Waals surface area contributed by atoms with Gasteiger partial charge in [-0.05, 0) is 12.8 Å². The predicted octanol–water partition coefficient (Wildman–Crippen LogP) is 0.468. The van der Waals surface area contributed by atoms with Crippen molar-refractivity contribution in [3.8, 4) is 0 Å². The zero-order valence-corrected chi connectivity index (χ0v) is 12.3. The summed E-state index contributed by atoms with van der Waals surface area (Å²) in [6.45, 7) is 7.81. The second-order valence-electron chi connectivity index (χ2n) is 3.97. The summed E-state index contributed by atoms with van der Waals surface area (Å²) in [6.07, 6.45) is 0.805. The van der Waals surface area contributed by atoms with Gasteiger partial charge in [0.1, 0.15) is 0 Å². The first-order valence-corrected chi connectivity index (χ1v) is 7.54. The molecule has 0 aliphatic carbocycles. The Balaban J connectivity index is 5.36. The molecule has 0 rings (SSSR count). The average Bonchev–Trinajstić information content (AvgIpc) is 2.36. The molecule has 0 atom stereocenters. The van der Waals surface area contributed by atoms with Crippen LogP contribution in [0, 0.1) is 0 Å². The van der Waals surface area contributed by atoms with Crippen molar-refractivity contribution in [2.45, 2.75) is 46.1 Å². The van der Waals surface area contributed by atoms with Crippen molar-refractivity contribution in [1.29, 1.82) is 0 Å². The third kappa shape index (κ3) is 3.56. The first-order chi connectivity index (χ1) is 8.33. The fourth-order valence-corrected chi connectivity index (χ4v) is 3.48. The van der Waals surface area contributed by atoms with Crippen LogP contribution in [0.25, 0.3) is 0 Å². The number of hydrogen-bond donors (Lipinski definition) is 3. The average molecular weight is 280 g/mol. The van der Waals surface area contributed by atoms with Crippen LogP contribution in [-0.2, 0) is 10.2 Å². The molecule has 0 radical (unpaired) electrons. The highest BCUT2D eigenvalue weighted by molar-refractivity contribution is 7.87. The van der Waals surface area contributed by atoms with Crippen molar-refractivity contribution in [1.82, 2.24) is 9.03 Å². The first-order valence-electron chi connectivity index (χ1n) is 6.10. The maximum absolute atomic E-state index is 12.2. The summed E-state index contributed by atoms with van der Waals surface area (Å²) in [5.74, 6) is -0.122. The minimum atomic E-state index is -3.65. The van der Waals surface area contributed by atoms with Gasteiger partial charge in [0.15, 0.2) is 5.84 Å². The van der Waals surface area contributed by atoms with E-state index in [-0.39, 0.29) is 5.84 Å². The van der Waals surface area contributed by atoms with Crippen LogP contribution >= 0.6 is 0 Å². The standard InChI is InChI=1S/C10H24N4O3S/c1-5-10(6-2,9(11)12-15)13-18(16,17)14(7-3)8-4/h13,15H,5-8H2,1-4H3,(H2,11,12). The van der Waals surface area contributed by atoms with E-state index >= 15 is 0 Å². The minimum absolute atomic E-state index is 0.122. The molecule has 4 N–H and O–H groups in total. The molecule has 0 aromatic heterocycles. The van der Waals surface area contributed by atoms with Crippen LogP contribution in [-0.4, -0.2) is 42.4 Å². The van der Waals surface area contributed by atoms with Gasteiger partial charge in [-0.2, -0.15) is 17.4 Å². The van der Waals surface area contributed by atoms with Crippen LogP contribution in [0.3, 0.4) is 0 Å². The summed E-state index contributed by atoms with van der Waals surface area (Å²) in [5, 5.41) is 11.7. The molecule has 0 aliphatic heterocycles. The Hall–Kier alpha value is -0.860. The molecular formula is C10H24N4O3S. The highest BCUT2D eigenvalue weighted by Crippen LogP contribution is 2.18. The van der Waals surface area contributed by atoms with Gasteiger partial charge in [-0.3, -0.25) is 0 Å². The molecule has 0 saturated heterocycles. The minimum Gasteiger partial charge on any atom is -0.409 e. The van der Waals surface area contributed by atoms with Gasteiger partial charge in [-0.1, -0.05) is 32.9 Å². The van der Waals surface area contributed by atoms with E-state index in [4.69, 9.17) is 10.9 Å². The predicted molar refractivity (Wildman–Crippen MR) is 71.7 cm³/mol. The Bertz CT molecular complexity index is 373. The Labute approximate surface area is 109 Å². The van der Waals surface area contributed by atoms with Gasteiger partial charge in [-0.15, -0.1) is 0 Å². The van der Waals surface area contributed by atoms with Crippen LogP contribution < -0.4 is 10.5 Å². The monoisotopic (exact) mass is 280 g/mol. The van der Waals surface area contributed by atoms with Crippen molar-refractivity contribution < 1.29 is 13.6 Å². The maximum atomic E-state index is 12.2. The summed E-state index contributed by atoms with van der Waals surface area (Å²) in [4.78, 5) is 0. The van der Waals surface area contributed by atoms with E-state index in [1.807, 2.05) is 0 Å². The van der Waals surface area contributed by atoms with E-state index in [1.165, 1.54) is 4.31 Å². The third-order valence-electron chi connectivity index (χ3n) is 3.17. The van der Waals surface area contributed by atoms with Crippen molar-refractivity contribution in [2.24, 2.45) is 10.9 Å². The van der Waals surface area contributed by atoms with Crippen LogP contribution in [0.2, 0.25) is 0 Å². The molecule has 0 heterocycles. The summed E-state index contributed by atoms with van der Waals surface area (Å²) in [5.41, 5.74) is 4.57. The van der Waals surface area contributed by atoms with Gasteiger partial charge >= 0.3 is 0 Å². The Morgan fingerprint density at radius 1 is 1.28 bits per heavy atom. The summed E-state index contributed by atoms with van der Waals surface area (Å²) >= 11 is 0. The van der Waals surface area contributed by atoms with Gasteiger partial charge < -0.3 is 10.9 Å². The normalized spacial score (nSPS) is 14.2. The topological polar surface area (TPSA) is 108 Å². The molecule has 0 unspecified atom stereocenters. The lowest BCUT2D eigenvalue weighted by molar-refractivity contribution is 0.306. The number of nitrogens with two attached hydrogens (primary N) is 1. The zero-order valence-electron chi connectivity index (χ0n) is 11.5. The van der Waals surface area contributed by atoms with Gasteiger partial charge in [0.25, 0.3) is 10.2 Å². The molecule has 0 saturated carbocycles. The number of nitrogens with one attached hydrogen (secondary N) is 1. The Kier molecular flexibility index (Phi) is 6.58. The van der Waals surface area contributed by atoms with Gasteiger partial charge in [0.2, 0.25) is 0 Å². The summed E-state index contributed by atoms with van der Waals surface area (Å²) in [7, 11) is -3.65. The highest BCUT2D eigenvalue weighted by atomic mass is 32.2. The second kappa shape index (κ2) is 6.91. The molecule has 8 heteroatoms. The van der Waals surface area contributed by atoms with Gasteiger partial charge in [0, 0.05) is 13.1 Å². The Morgan fingerprint density at radius 3 is 2.00 bits per heavy atom. The van der Waals surface area contributed by atoms with E-state index in [0.29, 0.717) is 25.9 Å². The fraction of sp³-hybridized carbons (Fsp3) is 0.900. The van der Waals surface area contributed by atoms with E-state index in [0.717, 1.165) is 0 Å². The molecule has 0 aliphatic rings. The molecule has 18 heavy (non-hydrogen) atoms. The number of nitrogens with zero attached hydrogens (tertiary/aromatic N) is 2. The molecule has 0 aromatic rings. The number of oxime groups is 1. The molecule has 108 valence electrons. The molecule has 0 aromatic carbocycles. The number of amidine groups is 1.